The molecule has 0 radical (unpaired) electrons. The van der Waals surface area contributed by atoms with Crippen molar-refractivity contribution in [3.8, 4) is 11.8 Å². The average Bonchev–Trinajstić information content (AvgIpc) is 2.55. The zero-order valence-corrected chi connectivity index (χ0v) is 8.18. The molecule has 0 amide bonds. The molecule has 16 heavy (non-hydrogen) atoms. The maximum absolute atomic E-state index is 13.5. The molecule has 80 valence electrons. The largest absolute Gasteiger partial charge is 0.382 e. The Balaban J connectivity index is 2.68. The van der Waals surface area contributed by atoms with Gasteiger partial charge in [0.1, 0.15) is 29.0 Å². The molecule has 4 N–H and O–H groups in total. The number of para-hydroxylation sites is 1. The minimum absolute atomic E-state index is 0.0109. The van der Waals surface area contributed by atoms with Crippen LogP contribution in [0.3, 0.4) is 0 Å². The lowest BCUT2D eigenvalue weighted by atomic mass is 10.3. The van der Waals surface area contributed by atoms with Crippen molar-refractivity contribution >= 4 is 11.6 Å². The molecule has 0 aliphatic carbocycles. The van der Waals surface area contributed by atoms with Gasteiger partial charge in [0.2, 0.25) is 0 Å². The Labute approximate surface area is 90.7 Å². The summed E-state index contributed by atoms with van der Waals surface area (Å²) in [4.78, 5) is 0. The smallest absolute Gasteiger partial charge is 0.166 e. The number of hydrogen-bond acceptors (Lipinski definition) is 4. The van der Waals surface area contributed by atoms with Crippen molar-refractivity contribution < 1.29 is 4.39 Å². The molecule has 0 saturated heterocycles. The van der Waals surface area contributed by atoms with E-state index in [4.69, 9.17) is 16.7 Å². The Morgan fingerprint density at radius 3 is 2.56 bits per heavy atom. The van der Waals surface area contributed by atoms with Crippen LogP contribution in [-0.4, -0.2) is 9.78 Å². The molecule has 6 heteroatoms. The van der Waals surface area contributed by atoms with E-state index in [1.165, 1.54) is 12.1 Å². The van der Waals surface area contributed by atoms with Crippen LogP contribution in [0, 0.1) is 17.1 Å². The van der Waals surface area contributed by atoms with Crippen LogP contribution in [-0.2, 0) is 0 Å². The Hall–Kier alpha value is -2.55. The van der Waals surface area contributed by atoms with Crippen molar-refractivity contribution in [1.29, 1.82) is 5.26 Å². The second-order valence-corrected chi connectivity index (χ2v) is 3.12. The number of aromatic nitrogens is 2. The fourth-order valence-corrected chi connectivity index (χ4v) is 1.37. The molecule has 0 fully saturated rings. The summed E-state index contributed by atoms with van der Waals surface area (Å²) in [5.74, 6) is -0.463. The van der Waals surface area contributed by atoms with E-state index in [2.05, 4.69) is 5.10 Å². The van der Waals surface area contributed by atoms with E-state index in [1.807, 2.05) is 6.07 Å². The predicted molar refractivity (Wildman–Crippen MR) is 57.1 cm³/mol. The minimum atomic E-state index is -0.485. The monoisotopic (exact) mass is 217 g/mol. The third kappa shape index (κ3) is 1.35. The lowest BCUT2D eigenvalue weighted by Crippen LogP contribution is -2.04. The third-order valence-corrected chi connectivity index (χ3v) is 2.14. The fraction of sp³-hybridized carbons (Fsp3) is 0. The van der Waals surface area contributed by atoms with Crippen LogP contribution < -0.4 is 11.5 Å². The maximum Gasteiger partial charge on any atom is 0.166 e. The zero-order chi connectivity index (χ0) is 11.7. The van der Waals surface area contributed by atoms with Gasteiger partial charge in [-0.25, -0.2) is 9.07 Å². The van der Waals surface area contributed by atoms with Crippen molar-refractivity contribution in [3.63, 3.8) is 0 Å². The van der Waals surface area contributed by atoms with Crippen molar-refractivity contribution in [2.75, 3.05) is 11.5 Å². The topological polar surface area (TPSA) is 93.6 Å². The second kappa shape index (κ2) is 3.55. The lowest BCUT2D eigenvalue weighted by Gasteiger charge is -2.04. The predicted octanol–water partition coefficient (Wildman–Crippen LogP) is 1.05. The molecular weight excluding hydrogens is 209 g/mol. The maximum atomic E-state index is 13.5. The molecule has 1 aromatic carbocycles. The van der Waals surface area contributed by atoms with E-state index in [-0.39, 0.29) is 22.9 Å². The van der Waals surface area contributed by atoms with Gasteiger partial charge in [-0.2, -0.15) is 5.26 Å². The van der Waals surface area contributed by atoms with Crippen LogP contribution in [0.4, 0.5) is 16.0 Å². The quantitative estimate of drug-likeness (QED) is 0.746. The van der Waals surface area contributed by atoms with Gasteiger partial charge in [0.05, 0.1) is 0 Å². The summed E-state index contributed by atoms with van der Waals surface area (Å²) in [6.07, 6.45) is 0. The van der Waals surface area contributed by atoms with E-state index in [0.29, 0.717) is 0 Å². The summed E-state index contributed by atoms with van der Waals surface area (Å²) in [5.41, 5.74) is 11.3. The van der Waals surface area contributed by atoms with Gasteiger partial charge in [-0.15, -0.1) is 5.10 Å². The van der Waals surface area contributed by atoms with Crippen LogP contribution >= 0.6 is 0 Å². The molecule has 0 aliphatic heterocycles. The number of rotatable bonds is 1. The van der Waals surface area contributed by atoms with Crippen molar-refractivity contribution in [2.45, 2.75) is 0 Å². The molecule has 0 aliphatic rings. The number of anilines is 2. The minimum Gasteiger partial charge on any atom is -0.382 e. The second-order valence-electron chi connectivity index (χ2n) is 3.12. The van der Waals surface area contributed by atoms with Gasteiger partial charge in [0.25, 0.3) is 0 Å². The Bertz CT molecular complexity index is 581. The van der Waals surface area contributed by atoms with Crippen LogP contribution in [0.15, 0.2) is 24.3 Å². The van der Waals surface area contributed by atoms with Crippen molar-refractivity contribution in [1.82, 2.24) is 9.78 Å². The molecule has 5 nitrogen and oxygen atoms in total. The number of hydrogen-bond donors (Lipinski definition) is 2. The zero-order valence-electron chi connectivity index (χ0n) is 8.18. The van der Waals surface area contributed by atoms with Crippen LogP contribution in [0.5, 0.6) is 0 Å². The van der Waals surface area contributed by atoms with Gasteiger partial charge in [-0.3, -0.25) is 0 Å². The van der Waals surface area contributed by atoms with E-state index in [9.17, 15) is 4.39 Å². The summed E-state index contributed by atoms with van der Waals surface area (Å²) in [7, 11) is 0. The molecule has 0 unspecified atom stereocenters. The molecule has 2 aromatic rings. The van der Waals surface area contributed by atoms with Gasteiger partial charge in [-0.1, -0.05) is 12.1 Å². The molecule has 0 saturated carbocycles. The Kier molecular flexibility index (Phi) is 2.21. The highest BCUT2D eigenvalue weighted by Crippen LogP contribution is 2.23. The van der Waals surface area contributed by atoms with E-state index in [1.54, 1.807) is 12.1 Å². The molecule has 0 spiro atoms. The van der Waals surface area contributed by atoms with Crippen LogP contribution in [0.2, 0.25) is 0 Å². The first-order valence-electron chi connectivity index (χ1n) is 4.44. The van der Waals surface area contributed by atoms with Gasteiger partial charge in [0, 0.05) is 0 Å². The van der Waals surface area contributed by atoms with Gasteiger partial charge in [-0.05, 0) is 12.1 Å². The summed E-state index contributed by atoms with van der Waals surface area (Å²) in [5, 5.41) is 12.6. The van der Waals surface area contributed by atoms with Gasteiger partial charge >= 0.3 is 0 Å². The number of nitrogen functional groups attached to an aromatic ring is 2. The SMILES string of the molecule is N#Cc1c(N)nn(-c2ccccc2F)c1N. The number of nitriles is 1. The van der Waals surface area contributed by atoms with Gasteiger partial charge < -0.3 is 11.5 Å². The number of nitrogens with zero attached hydrogens (tertiary/aromatic N) is 3. The Morgan fingerprint density at radius 1 is 1.31 bits per heavy atom. The standard InChI is InChI=1S/C10H8FN5/c11-7-3-1-2-4-8(7)16-10(14)6(5-12)9(13)15-16/h1-4H,14H2,(H2,13,15). The molecular formula is C10H8FN5. The highest BCUT2D eigenvalue weighted by molar-refractivity contribution is 5.64. The highest BCUT2D eigenvalue weighted by atomic mass is 19.1. The van der Waals surface area contributed by atoms with Gasteiger partial charge in [0.15, 0.2) is 5.82 Å². The van der Waals surface area contributed by atoms with E-state index >= 15 is 0 Å². The van der Waals surface area contributed by atoms with E-state index in [0.717, 1.165) is 4.68 Å². The van der Waals surface area contributed by atoms with Crippen molar-refractivity contribution in [3.05, 3.63) is 35.6 Å². The first-order chi connectivity index (χ1) is 7.65. The molecule has 1 aromatic heterocycles. The number of nitrogens with two attached hydrogens (primary N) is 2. The summed E-state index contributed by atoms with van der Waals surface area (Å²) < 4.78 is 14.6. The first kappa shape index (κ1) is 9.98. The third-order valence-electron chi connectivity index (χ3n) is 2.14. The number of halogens is 1. The molecule has 0 atom stereocenters. The fourth-order valence-electron chi connectivity index (χ4n) is 1.37. The lowest BCUT2D eigenvalue weighted by molar-refractivity contribution is 0.612. The molecule has 0 bridgehead atoms. The van der Waals surface area contributed by atoms with E-state index < -0.39 is 5.82 Å². The average molecular weight is 217 g/mol. The van der Waals surface area contributed by atoms with Crippen molar-refractivity contribution in [2.24, 2.45) is 0 Å². The Morgan fingerprint density at radius 2 is 2.00 bits per heavy atom. The molecule has 1 heterocycles. The van der Waals surface area contributed by atoms with Crippen LogP contribution in [0.25, 0.3) is 5.69 Å². The summed E-state index contributed by atoms with van der Waals surface area (Å²) in [6, 6.07) is 7.78. The summed E-state index contributed by atoms with van der Waals surface area (Å²) >= 11 is 0. The normalized spacial score (nSPS) is 10.0. The van der Waals surface area contributed by atoms with Crippen LogP contribution in [0.1, 0.15) is 5.56 Å². The number of benzene rings is 1. The highest BCUT2D eigenvalue weighted by Gasteiger charge is 2.15. The first-order valence-corrected chi connectivity index (χ1v) is 4.44. The summed E-state index contributed by atoms with van der Waals surface area (Å²) in [6.45, 7) is 0. The molecule has 2 rings (SSSR count).